The summed E-state index contributed by atoms with van der Waals surface area (Å²) >= 11 is 1.26. The van der Waals surface area contributed by atoms with E-state index in [2.05, 4.69) is 20.4 Å². The number of nitrogens with one attached hydrogen (secondary N) is 1. The second-order valence-electron chi connectivity index (χ2n) is 7.26. The van der Waals surface area contributed by atoms with E-state index >= 15 is 0 Å². The van der Waals surface area contributed by atoms with Crippen LogP contribution in [0.5, 0.6) is 0 Å². The fourth-order valence-electron chi connectivity index (χ4n) is 2.69. The first-order chi connectivity index (χ1) is 12.3. The van der Waals surface area contributed by atoms with Gasteiger partial charge in [0.1, 0.15) is 10.8 Å². The van der Waals surface area contributed by atoms with Gasteiger partial charge in [-0.25, -0.2) is 4.39 Å². The number of halogens is 1. The standard InChI is InChI=1S/C18H23FN4O2S/c1-18(2,25)11-23(14-7-8-14)10-15-21-22-17(26-15)16(24)20-9-12-3-5-13(19)6-4-12/h3-6,14,25H,7-11H2,1-2H3,(H,20,24). The third-order valence-corrected chi connectivity index (χ3v) is 4.93. The number of nitrogens with zero attached hydrogens (tertiary/aromatic N) is 3. The van der Waals surface area contributed by atoms with Crippen molar-refractivity contribution in [2.24, 2.45) is 0 Å². The fourth-order valence-corrected chi connectivity index (χ4v) is 3.48. The van der Waals surface area contributed by atoms with Crippen molar-refractivity contribution in [3.63, 3.8) is 0 Å². The minimum Gasteiger partial charge on any atom is -0.389 e. The van der Waals surface area contributed by atoms with Crippen molar-refractivity contribution < 1.29 is 14.3 Å². The quantitative estimate of drug-likeness (QED) is 0.737. The maximum atomic E-state index is 12.9. The molecule has 1 saturated carbocycles. The van der Waals surface area contributed by atoms with Crippen molar-refractivity contribution in [2.45, 2.75) is 51.4 Å². The molecule has 0 atom stereocenters. The van der Waals surface area contributed by atoms with Crippen molar-refractivity contribution in [1.82, 2.24) is 20.4 Å². The topological polar surface area (TPSA) is 78.3 Å². The molecule has 0 radical (unpaired) electrons. The molecule has 140 valence electrons. The lowest BCUT2D eigenvalue weighted by Gasteiger charge is -2.28. The van der Waals surface area contributed by atoms with Crippen molar-refractivity contribution in [1.29, 1.82) is 0 Å². The molecule has 1 heterocycles. The molecule has 0 saturated heterocycles. The van der Waals surface area contributed by atoms with Gasteiger partial charge in [-0.2, -0.15) is 0 Å². The summed E-state index contributed by atoms with van der Waals surface area (Å²) in [5.74, 6) is -0.598. The van der Waals surface area contributed by atoms with Crippen LogP contribution in [0.15, 0.2) is 24.3 Å². The highest BCUT2D eigenvalue weighted by molar-refractivity contribution is 7.13. The number of aliphatic hydroxyl groups is 1. The number of carbonyl (C=O) groups excluding carboxylic acids is 1. The number of hydrogen-bond acceptors (Lipinski definition) is 6. The smallest absolute Gasteiger partial charge is 0.282 e. The normalized spacial score (nSPS) is 14.7. The van der Waals surface area contributed by atoms with Crippen LogP contribution in [0.25, 0.3) is 0 Å². The minimum absolute atomic E-state index is 0.293. The Morgan fingerprint density at radius 2 is 2.04 bits per heavy atom. The highest BCUT2D eigenvalue weighted by Gasteiger charge is 2.33. The molecule has 6 nitrogen and oxygen atoms in total. The number of carbonyl (C=O) groups is 1. The second-order valence-corrected chi connectivity index (χ2v) is 8.32. The molecule has 2 N–H and O–H groups in total. The Balaban J connectivity index is 1.56. The molecule has 1 fully saturated rings. The molecule has 8 heteroatoms. The minimum atomic E-state index is -0.775. The molecule has 1 aliphatic carbocycles. The zero-order valence-corrected chi connectivity index (χ0v) is 15.7. The SMILES string of the molecule is CC(C)(O)CN(Cc1nnc(C(=O)NCc2ccc(F)cc2)s1)C1CC1. The van der Waals surface area contributed by atoms with Crippen LogP contribution in [0.1, 0.15) is 47.1 Å². The fraction of sp³-hybridized carbons (Fsp3) is 0.500. The monoisotopic (exact) mass is 378 g/mol. The Bertz CT molecular complexity index is 753. The maximum absolute atomic E-state index is 12.9. The van der Waals surface area contributed by atoms with Gasteiger partial charge in [-0.3, -0.25) is 9.69 Å². The number of hydrogen-bond donors (Lipinski definition) is 2. The van der Waals surface area contributed by atoms with Crippen molar-refractivity contribution in [3.05, 3.63) is 45.7 Å². The summed E-state index contributed by atoms with van der Waals surface area (Å²) in [6, 6.07) is 6.46. The van der Waals surface area contributed by atoms with Crippen molar-refractivity contribution >= 4 is 17.2 Å². The summed E-state index contributed by atoms with van der Waals surface area (Å²) in [6.07, 6.45) is 2.25. The number of rotatable bonds is 8. The van der Waals surface area contributed by atoms with Gasteiger partial charge >= 0.3 is 0 Å². The molecule has 0 spiro atoms. The zero-order chi connectivity index (χ0) is 18.7. The van der Waals surface area contributed by atoms with Gasteiger partial charge in [0.15, 0.2) is 0 Å². The highest BCUT2D eigenvalue weighted by atomic mass is 32.1. The Labute approximate surface area is 156 Å². The first-order valence-corrected chi connectivity index (χ1v) is 9.43. The van der Waals surface area contributed by atoms with E-state index in [1.54, 1.807) is 26.0 Å². The zero-order valence-electron chi connectivity index (χ0n) is 14.9. The van der Waals surface area contributed by atoms with Crippen LogP contribution in [-0.4, -0.2) is 44.3 Å². The van der Waals surface area contributed by atoms with E-state index in [0.29, 0.717) is 30.7 Å². The molecule has 0 aliphatic heterocycles. The predicted molar refractivity (Wildman–Crippen MR) is 97.2 cm³/mol. The molecular weight excluding hydrogens is 355 g/mol. The summed E-state index contributed by atoms with van der Waals surface area (Å²) in [4.78, 5) is 14.4. The molecule has 1 aromatic heterocycles. The van der Waals surface area contributed by atoms with E-state index in [1.807, 2.05) is 0 Å². The van der Waals surface area contributed by atoms with Crippen molar-refractivity contribution in [3.8, 4) is 0 Å². The van der Waals surface area contributed by atoms with E-state index in [-0.39, 0.29) is 11.7 Å². The molecule has 0 unspecified atom stereocenters. The van der Waals surface area contributed by atoms with E-state index in [0.717, 1.165) is 23.4 Å². The van der Waals surface area contributed by atoms with Gasteiger partial charge in [0, 0.05) is 19.1 Å². The van der Waals surface area contributed by atoms with Crippen LogP contribution in [0.2, 0.25) is 0 Å². The molecular formula is C18H23FN4O2S. The van der Waals surface area contributed by atoms with E-state index in [1.165, 1.54) is 23.5 Å². The summed E-state index contributed by atoms with van der Waals surface area (Å²) < 4.78 is 12.9. The lowest BCUT2D eigenvalue weighted by Crippen LogP contribution is -2.39. The molecule has 1 amide bonds. The van der Waals surface area contributed by atoms with Gasteiger partial charge in [0.25, 0.3) is 5.91 Å². The van der Waals surface area contributed by atoms with Gasteiger partial charge in [-0.15, -0.1) is 10.2 Å². The maximum Gasteiger partial charge on any atom is 0.282 e. The Morgan fingerprint density at radius 1 is 1.35 bits per heavy atom. The average molecular weight is 378 g/mol. The van der Waals surface area contributed by atoms with E-state index in [4.69, 9.17) is 0 Å². The highest BCUT2D eigenvalue weighted by Crippen LogP contribution is 2.30. The number of benzene rings is 1. The molecule has 1 aromatic carbocycles. The first kappa shape index (κ1) is 18.9. The molecule has 26 heavy (non-hydrogen) atoms. The first-order valence-electron chi connectivity index (χ1n) is 8.61. The molecule has 0 bridgehead atoms. The summed E-state index contributed by atoms with van der Waals surface area (Å²) in [5.41, 5.74) is 0.0393. The molecule has 1 aliphatic rings. The Kier molecular flexibility index (Phi) is 5.64. The Morgan fingerprint density at radius 3 is 2.65 bits per heavy atom. The third-order valence-electron chi connectivity index (χ3n) is 4.02. The predicted octanol–water partition coefficient (Wildman–Crippen LogP) is 2.34. The van der Waals surface area contributed by atoms with Gasteiger partial charge < -0.3 is 10.4 Å². The van der Waals surface area contributed by atoms with Crippen LogP contribution in [0.3, 0.4) is 0 Å². The van der Waals surface area contributed by atoms with Gasteiger partial charge in [-0.1, -0.05) is 23.5 Å². The van der Waals surface area contributed by atoms with Crippen LogP contribution < -0.4 is 5.32 Å². The second kappa shape index (κ2) is 7.77. The summed E-state index contributed by atoms with van der Waals surface area (Å²) in [7, 11) is 0. The Hall–Kier alpha value is -1.90. The summed E-state index contributed by atoms with van der Waals surface area (Å²) in [6.45, 7) is 5.02. The molecule has 3 rings (SSSR count). The number of amides is 1. The van der Waals surface area contributed by atoms with Gasteiger partial charge in [-0.05, 0) is 44.4 Å². The van der Waals surface area contributed by atoms with E-state index in [9.17, 15) is 14.3 Å². The number of aromatic nitrogens is 2. The van der Waals surface area contributed by atoms with Crippen molar-refractivity contribution in [2.75, 3.05) is 6.54 Å². The van der Waals surface area contributed by atoms with Gasteiger partial charge in [0.05, 0.1) is 12.1 Å². The van der Waals surface area contributed by atoms with Crippen LogP contribution in [0, 0.1) is 5.82 Å². The van der Waals surface area contributed by atoms with Crippen LogP contribution in [-0.2, 0) is 13.1 Å². The average Bonchev–Trinajstić information content (AvgIpc) is 3.32. The van der Waals surface area contributed by atoms with E-state index < -0.39 is 5.60 Å². The lowest BCUT2D eigenvalue weighted by atomic mass is 10.1. The van der Waals surface area contributed by atoms with Crippen LogP contribution in [0.4, 0.5) is 4.39 Å². The lowest BCUT2D eigenvalue weighted by molar-refractivity contribution is 0.0303. The molecule has 2 aromatic rings. The van der Waals surface area contributed by atoms with Crippen LogP contribution >= 0.6 is 11.3 Å². The van der Waals surface area contributed by atoms with Gasteiger partial charge in [0.2, 0.25) is 5.01 Å². The third kappa shape index (κ3) is 5.55. The largest absolute Gasteiger partial charge is 0.389 e. The summed E-state index contributed by atoms with van der Waals surface area (Å²) in [5, 5.41) is 22.0.